The number of amides is 2. The fourth-order valence-electron chi connectivity index (χ4n) is 5.46. The molecule has 6 rings (SSSR count). The molecule has 37 heavy (non-hydrogen) atoms. The summed E-state index contributed by atoms with van der Waals surface area (Å²) in [5.74, 6) is -0.194. The molecular weight excluding hydrogens is 464 g/mol. The van der Waals surface area contributed by atoms with Crippen molar-refractivity contribution in [2.75, 3.05) is 26.2 Å². The van der Waals surface area contributed by atoms with E-state index >= 15 is 0 Å². The summed E-state index contributed by atoms with van der Waals surface area (Å²) in [4.78, 5) is 28.9. The van der Waals surface area contributed by atoms with E-state index < -0.39 is 5.60 Å². The summed E-state index contributed by atoms with van der Waals surface area (Å²) in [6.45, 7) is 1.93. The molecule has 1 aliphatic heterocycles. The number of hydrogen-bond acceptors (Lipinski definition) is 5. The second-order valence-corrected chi connectivity index (χ2v) is 11.0. The van der Waals surface area contributed by atoms with Crippen LogP contribution in [-0.2, 0) is 4.79 Å². The van der Waals surface area contributed by atoms with Gasteiger partial charge in [0.15, 0.2) is 0 Å². The van der Waals surface area contributed by atoms with Crippen molar-refractivity contribution in [3.63, 3.8) is 0 Å². The third-order valence-corrected chi connectivity index (χ3v) is 8.35. The number of rotatable bonds is 6. The number of nitrogens with one attached hydrogen (secondary N) is 2. The summed E-state index contributed by atoms with van der Waals surface area (Å²) in [7, 11) is 0. The Morgan fingerprint density at radius 2 is 1.59 bits per heavy atom. The van der Waals surface area contributed by atoms with Gasteiger partial charge in [-0.25, -0.2) is 5.43 Å². The Morgan fingerprint density at radius 1 is 0.892 bits per heavy atom. The van der Waals surface area contributed by atoms with Gasteiger partial charge in [0.05, 0.1) is 0 Å². The van der Waals surface area contributed by atoms with Crippen molar-refractivity contribution in [3.8, 4) is 11.1 Å². The first kappa shape index (κ1) is 24.2. The summed E-state index contributed by atoms with van der Waals surface area (Å²) in [5, 5.41) is 12.6. The van der Waals surface area contributed by atoms with Crippen molar-refractivity contribution >= 4 is 23.6 Å². The third kappa shape index (κ3) is 5.03. The molecule has 3 N–H and O–H groups in total. The molecule has 2 aromatic rings. The van der Waals surface area contributed by atoms with E-state index in [4.69, 9.17) is 0 Å². The van der Waals surface area contributed by atoms with Gasteiger partial charge in [0.25, 0.3) is 11.8 Å². The molecule has 0 atom stereocenters. The van der Waals surface area contributed by atoms with Gasteiger partial charge < -0.3 is 20.3 Å². The Labute approximate surface area is 217 Å². The maximum atomic E-state index is 13.1. The molecule has 2 amide bonds. The van der Waals surface area contributed by atoms with Crippen LogP contribution in [0.4, 0.5) is 0 Å². The summed E-state index contributed by atoms with van der Waals surface area (Å²) >= 11 is 0. The fraction of sp³-hybridized carbons (Fsp3) is 0.467. The first-order valence-electron chi connectivity index (χ1n) is 13.8. The third-order valence-electron chi connectivity index (χ3n) is 8.35. The standard InChI is InChI=1S/C30H36N4O3/c35-28(33-16-18-34(19-17-33)29(36)30(37)14-15-30)22-10-8-21(9-11-22)23-12-13-26-24(20-23)4-1-2-7-27(26)32-31-25-5-3-6-25/h4,8-13,20,25,31-32,37H,1-3,5-7,14-19H2. The van der Waals surface area contributed by atoms with Crippen molar-refractivity contribution in [2.45, 2.75) is 63.0 Å². The largest absolute Gasteiger partial charge is 0.380 e. The summed E-state index contributed by atoms with van der Waals surface area (Å²) in [6, 6.07) is 15.1. The first-order valence-corrected chi connectivity index (χ1v) is 13.8. The van der Waals surface area contributed by atoms with E-state index in [9.17, 15) is 14.7 Å². The van der Waals surface area contributed by atoms with E-state index in [0.717, 1.165) is 30.4 Å². The lowest BCUT2D eigenvalue weighted by Crippen LogP contribution is -2.53. The van der Waals surface area contributed by atoms with E-state index in [0.29, 0.717) is 50.6 Å². The first-order chi connectivity index (χ1) is 18.0. The molecule has 7 nitrogen and oxygen atoms in total. The van der Waals surface area contributed by atoms with E-state index in [-0.39, 0.29) is 11.8 Å². The van der Waals surface area contributed by atoms with Crippen LogP contribution >= 0.6 is 0 Å². The molecule has 1 heterocycles. The number of carbonyl (C=O) groups excluding carboxylic acids is 2. The van der Waals surface area contributed by atoms with Gasteiger partial charge in [0.2, 0.25) is 0 Å². The number of hydrogen-bond donors (Lipinski definition) is 3. The molecule has 3 aliphatic carbocycles. The van der Waals surface area contributed by atoms with E-state index in [1.165, 1.54) is 35.4 Å². The van der Waals surface area contributed by atoms with Gasteiger partial charge in [-0.15, -0.1) is 0 Å². The molecule has 2 aromatic carbocycles. The summed E-state index contributed by atoms with van der Waals surface area (Å²) in [5.41, 5.74) is 10.0. The van der Waals surface area contributed by atoms with Crippen LogP contribution < -0.4 is 21.3 Å². The highest BCUT2D eigenvalue weighted by Gasteiger charge is 2.50. The summed E-state index contributed by atoms with van der Waals surface area (Å²) < 4.78 is 0. The maximum Gasteiger partial charge on any atom is 0.254 e. The number of fused-ring (bicyclic) bond motifs is 1. The van der Waals surface area contributed by atoms with Gasteiger partial charge in [-0.1, -0.05) is 36.8 Å². The van der Waals surface area contributed by atoms with Gasteiger partial charge >= 0.3 is 0 Å². The van der Waals surface area contributed by atoms with Crippen molar-refractivity contribution < 1.29 is 14.7 Å². The molecule has 3 fully saturated rings. The Hall–Kier alpha value is -3.16. The zero-order valence-electron chi connectivity index (χ0n) is 21.3. The Kier molecular flexibility index (Phi) is 6.51. The van der Waals surface area contributed by atoms with Crippen LogP contribution in [0.25, 0.3) is 22.9 Å². The molecule has 0 radical (unpaired) electrons. The molecule has 194 valence electrons. The lowest BCUT2D eigenvalue weighted by atomic mass is 9.94. The molecule has 0 unspecified atom stereocenters. The number of piperazine rings is 1. The van der Waals surface area contributed by atoms with E-state index in [1.54, 1.807) is 9.80 Å². The topological polar surface area (TPSA) is 84.9 Å². The zero-order valence-corrected chi connectivity index (χ0v) is 21.3. The second-order valence-electron chi connectivity index (χ2n) is 11.0. The van der Waals surface area contributed by atoms with Crippen molar-refractivity contribution in [2.24, 2.45) is 0 Å². The molecule has 2 saturated carbocycles. The van der Waals surface area contributed by atoms with Gasteiger partial charge in [0, 0.05) is 48.7 Å². The van der Waals surface area contributed by atoms with Gasteiger partial charge in [-0.05, 0) is 79.5 Å². The van der Waals surface area contributed by atoms with E-state index in [2.05, 4.69) is 35.1 Å². The maximum absolute atomic E-state index is 13.1. The highest BCUT2D eigenvalue weighted by atomic mass is 16.3. The highest BCUT2D eigenvalue weighted by Crippen LogP contribution is 2.37. The molecule has 1 saturated heterocycles. The van der Waals surface area contributed by atoms with Crippen LogP contribution in [0, 0.1) is 0 Å². The molecule has 0 spiro atoms. The predicted molar refractivity (Wildman–Crippen MR) is 143 cm³/mol. The summed E-state index contributed by atoms with van der Waals surface area (Å²) in [6.07, 6.45) is 10.5. The average Bonchev–Trinajstić information content (AvgIpc) is 3.69. The van der Waals surface area contributed by atoms with Crippen LogP contribution in [0.3, 0.4) is 0 Å². The quantitative estimate of drug-likeness (QED) is 0.528. The minimum absolute atomic E-state index is 0.0108. The van der Waals surface area contributed by atoms with Gasteiger partial charge in [0.1, 0.15) is 5.60 Å². The lowest BCUT2D eigenvalue weighted by molar-refractivity contribution is -0.143. The van der Waals surface area contributed by atoms with Crippen molar-refractivity contribution in [3.05, 3.63) is 58.5 Å². The normalized spacial score (nSPS) is 20.8. The number of carbonyl (C=O) groups is 2. The minimum atomic E-state index is -1.14. The average molecular weight is 501 g/mol. The zero-order chi connectivity index (χ0) is 25.4. The number of hydrazine groups is 1. The van der Waals surface area contributed by atoms with Crippen LogP contribution in [0.2, 0.25) is 0 Å². The number of benzene rings is 2. The minimum Gasteiger partial charge on any atom is -0.380 e. The molecular formula is C30H36N4O3. The Morgan fingerprint density at radius 3 is 2.27 bits per heavy atom. The van der Waals surface area contributed by atoms with Crippen LogP contribution in [-0.4, -0.2) is 64.5 Å². The smallest absolute Gasteiger partial charge is 0.254 e. The number of aliphatic hydroxyl groups is 1. The Balaban J connectivity index is 1.13. The van der Waals surface area contributed by atoms with Crippen molar-refractivity contribution in [1.29, 1.82) is 0 Å². The predicted octanol–water partition coefficient (Wildman–Crippen LogP) is 1.88. The molecule has 0 aromatic heterocycles. The van der Waals surface area contributed by atoms with Crippen LogP contribution in [0.1, 0.15) is 61.7 Å². The monoisotopic (exact) mass is 500 g/mol. The fourth-order valence-corrected chi connectivity index (χ4v) is 5.46. The Bertz CT molecular complexity index is 1300. The van der Waals surface area contributed by atoms with Crippen LogP contribution in [0.15, 0.2) is 42.5 Å². The second kappa shape index (κ2) is 9.95. The molecule has 7 heteroatoms. The highest BCUT2D eigenvalue weighted by molar-refractivity contribution is 5.95. The SMILES string of the molecule is O=C(c1ccc(-c2ccc3c(c2)=CCCCC=3NNC2CCC2)cc1)N1CCN(C(=O)C2(O)CC2)CC1. The van der Waals surface area contributed by atoms with E-state index in [1.807, 2.05) is 24.3 Å². The van der Waals surface area contributed by atoms with Crippen LogP contribution in [0.5, 0.6) is 0 Å². The van der Waals surface area contributed by atoms with Gasteiger partial charge in [-0.2, -0.15) is 0 Å². The number of nitrogens with zero attached hydrogens (tertiary/aromatic N) is 2. The molecule has 4 aliphatic rings. The van der Waals surface area contributed by atoms with Gasteiger partial charge in [-0.3, -0.25) is 9.59 Å². The van der Waals surface area contributed by atoms with Crippen molar-refractivity contribution in [1.82, 2.24) is 20.7 Å². The lowest BCUT2D eigenvalue weighted by Gasteiger charge is -2.35. The molecule has 0 bridgehead atoms.